The standard InChI is InChI=1S/C10H5FINS/c11-8-5-6-2-4-14-10(6)7(1-3-13)9(8)12/h2,4-5H,1H2. The number of hydrogen-bond acceptors (Lipinski definition) is 2. The third-order valence-corrected chi connectivity index (χ3v) is 4.14. The van der Waals surface area contributed by atoms with Gasteiger partial charge in [-0.3, -0.25) is 0 Å². The molecule has 1 aromatic heterocycles. The van der Waals surface area contributed by atoms with Crippen LogP contribution in [0.15, 0.2) is 17.5 Å². The highest BCUT2D eigenvalue weighted by atomic mass is 127. The molecule has 0 bridgehead atoms. The molecule has 0 amide bonds. The van der Waals surface area contributed by atoms with Gasteiger partial charge in [-0.15, -0.1) is 11.3 Å². The molecule has 0 spiro atoms. The molecule has 0 saturated heterocycles. The van der Waals surface area contributed by atoms with Crippen LogP contribution in [0.3, 0.4) is 0 Å². The second-order valence-corrected chi connectivity index (χ2v) is 4.82. The van der Waals surface area contributed by atoms with Crippen LogP contribution in [0.4, 0.5) is 4.39 Å². The summed E-state index contributed by atoms with van der Waals surface area (Å²) < 4.78 is 15.0. The van der Waals surface area contributed by atoms with Crippen molar-refractivity contribution in [2.45, 2.75) is 6.42 Å². The van der Waals surface area contributed by atoms with Gasteiger partial charge in [0.15, 0.2) is 0 Å². The molecule has 0 radical (unpaired) electrons. The SMILES string of the molecule is N#CCc1c(I)c(F)cc2ccsc12. The van der Waals surface area contributed by atoms with Crippen molar-refractivity contribution < 1.29 is 4.39 Å². The fourth-order valence-corrected chi connectivity index (χ4v) is 3.09. The van der Waals surface area contributed by atoms with Gasteiger partial charge in [0.05, 0.1) is 16.1 Å². The van der Waals surface area contributed by atoms with E-state index in [-0.39, 0.29) is 12.2 Å². The number of halogens is 2. The van der Waals surface area contributed by atoms with Crippen molar-refractivity contribution in [1.82, 2.24) is 0 Å². The summed E-state index contributed by atoms with van der Waals surface area (Å²) in [6.07, 6.45) is 0.271. The summed E-state index contributed by atoms with van der Waals surface area (Å²) in [4.78, 5) is 0. The van der Waals surface area contributed by atoms with Crippen LogP contribution in [-0.2, 0) is 6.42 Å². The number of nitrogens with zero attached hydrogens (tertiary/aromatic N) is 1. The normalized spacial score (nSPS) is 10.4. The van der Waals surface area contributed by atoms with Crippen molar-refractivity contribution in [3.05, 3.63) is 32.5 Å². The molecule has 0 atom stereocenters. The molecule has 1 nitrogen and oxygen atoms in total. The summed E-state index contributed by atoms with van der Waals surface area (Å²) in [5, 5.41) is 11.5. The number of benzene rings is 1. The molecule has 70 valence electrons. The Bertz CT molecular complexity index is 527. The Labute approximate surface area is 98.3 Å². The van der Waals surface area contributed by atoms with Crippen LogP contribution in [0.1, 0.15) is 5.56 Å². The van der Waals surface area contributed by atoms with Crippen molar-refractivity contribution in [2.75, 3.05) is 0 Å². The smallest absolute Gasteiger partial charge is 0.137 e. The van der Waals surface area contributed by atoms with E-state index in [4.69, 9.17) is 5.26 Å². The van der Waals surface area contributed by atoms with E-state index < -0.39 is 0 Å². The third kappa shape index (κ3) is 1.51. The van der Waals surface area contributed by atoms with E-state index in [1.807, 2.05) is 34.0 Å². The van der Waals surface area contributed by atoms with E-state index in [1.165, 1.54) is 6.07 Å². The van der Waals surface area contributed by atoms with Gasteiger partial charge in [-0.25, -0.2) is 4.39 Å². The fraction of sp³-hybridized carbons (Fsp3) is 0.100. The highest BCUT2D eigenvalue weighted by molar-refractivity contribution is 14.1. The number of thiophene rings is 1. The van der Waals surface area contributed by atoms with Gasteiger partial charge in [0.2, 0.25) is 0 Å². The molecule has 0 aliphatic rings. The number of fused-ring (bicyclic) bond motifs is 1. The number of nitriles is 1. The summed E-state index contributed by atoms with van der Waals surface area (Å²) >= 11 is 3.51. The molecule has 1 heterocycles. The van der Waals surface area contributed by atoms with Crippen molar-refractivity contribution >= 4 is 44.0 Å². The average Bonchev–Trinajstić information content (AvgIpc) is 2.60. The second kappa shape index (κ2) is 3.83. The maximum Gasteiger partial charge on any atom is 0.137 e. The molecule has 0 unspecified atom stereocenters. The monoisotopic (exact) mass is 317 g/mol. The lowest BCUT2D eigenvalue weighted by molar-refractivity contribution is 0.620. The Hall–Kier alpha value is -0.670. The van der Waals surface area contributed by atoms with Gasteiger partial charge in [-0.05, 0) is 45.5 Å². The minimum atomic E-state index is -0.234. The average molecular weight is 317 g/mol. The number of rotatable bonds is 1. The Morgan fingerprint density at radius 3 is 3.07 bits per heavy atom. The van der Waals surface area contributed by atoms with Crippen LogP contribution in [0.25, 0.3) is 10.1 Å². The van der Waals surface area contributed by atoms with Crippen LogP contribution in [0.5, 0.6) is 0 Å². The van der Waals surface area contributed by atoms with E-state index in [1.54, 1.807) is 11.3 Å². The molecule has 0 saturated carbocycles. The molecule has 2 rings (SSSR count). The highest BCUT2D eigenvalue weighted by Gasteiger charge is 2.11. The molecular formula is C10H5FINS. The first-order valence-electron chi connectivity index (χ1n) is 3.95. The van der Waals surface area contributed by atoms with Crippen LogP contribution < -0.4 is 0 Å². The Morgan fingerprint density at radius 1 is 1.57 bits per heavy atom. The van der Waals surface area contributed by atoms with E-state index in [2.05, 4.69) is 6.07 Å². The maximum absolute atomic E-state index is 13.4. The topological polar surface area (TPSA) is 23.8 Å². The predicted octanol–water partition coefficient (Wildman–Crippen LogP) is 3.71. The van der Waals surface area contributed by atoms with E-state index in [0.29, 0.717) is 3.57 Å². The summed E-state index contributed by atoms with van der Waals surface area (Å²) in [5.41, 5.74) is 0.818. The van der Waals surface area contributed by atoms with Crippen LogP contribution >= 0.6 is 33.9 Å². The van der Waals surface area contributed by atoms with Crippen molar-refractivity contribution in [3.63, 3.8) is 0 Å². The van der Waals surface area contributed by atoms with Crippen molar-refractivity contribution in [3.8, 4) is 6.07 Å². The van der Waals surface area contributed by atoms with Gasteiger partial charge in [-0.2, -0.15) is 5.26 Å². The zero-order valence-corrected chi connectivity index (χ0v) is 10.0. The maximum atomic E-state index is 13.4. The van der Waals surface area contributed by atoms with E-state index in [0.717, 1.165) is 15.6 Å². The van der Waals surface area contributed by atoms with E-state index in [9.17, 15) is 4.39 Å². The van der Waals surface area contributed by atoms with Gasteiger partial charge in [0.25, 0.3) is 0 Å². The van der Waals surface area contributed by atoms with Crippen LogP contribution in [0.2, 0.25) is 0 Å². The summed E-state index contributed by atoms with van der Waals surface area (Å²) in [6.45, 7) is 0. The highest BCUT2D eigenvalue weighted by Crippen LogP contribution is 2.30. The summed E-state index contributed by atoms with van der Waals surface area (Å²) in [6, 6.07) is 5.47. The molecule has 1 aromatic carbocycles. The lowest BCUT2D eigenvalue weighted by Crippen LogP contribution is -1.91. The Balaban J connectivity index is 2.81. The van der Waals surface area contributed by atoms with Gasteiger partial charge in [0.1, 0.15) is 5.82 Å². The minimum Gasteiger partial charge on any atom is -0.206 e. The van der Waals surface area contributed by atoms with Gasteiger partial charge in [-0.1, -0.05) is 0 Å². The molecule has 0 aliphatic carbocycles. The molecule has 0 N–H and O–H groups in total. The number of hydrogen-bond donors (Lipinski definition) is 0. The molecule has 14 heavy (non-hydrogen) atoms. The summed E-state index contributed by atoms with van der Waals surface area (Å²) in [7, 11) is 0. The molecule has 0 aliphatic heterocycles. The van der Waals surface area contributed by atoms with Crippen LogP contribution in [-0.4, -0.2) is 0 Å². The second-order valence-electron chi connectivity index (χ2n) is 2.82. The Kier molecular flexibility index (Phi) is 2.70. The van der Waals surface area contributed by atoms with Gasteiger partial charge >= 0.3 is 0 Å². The Morgan fingerprint density at radius 2 is 2.36 bits per heavy atom. The molecular weight excluding hydrogens is 312 g/mol. The van der Waals surface area contributed by atoms with Gasteiger partial charge in [0, 0.05) is 10.3 Å². The first-order chi connectivity index (χ1) is 6.74. The van der Waals surface area contributed by atoms with Crippen molar-refractivity contribution in [2.24, 2.45) is 0 Å². The minimum absolute atomic E-state index is 0.234. The first kappa shape index (κ1) is 9.87. The zero-order chi connectivity index (χ0) is 10.1. The van der Waals surface area contributed by atoms with E-state index >= 15 is 0 Å². The lowest BCUT2D eigenvalue weighted by Gasteiger charge is -2.02. The molecule has 0 fully saturated rings. The third-order valence-electron chi connectivity index (χ3n) is 1.98. The zero-order valence-electron chi connectivity index (χ0n) is 7.05. The van der Waals surface area contributed by atoms with Crippen molar-refractivity contribution in [1.29, 1.82) is 5.26 Å². The quantitative estimate of drug-likeness (QED) is 0.736. The molecule has 2 aromatic rings. The fourth-order valence-electron chi connectivity index (χ4n) is 1.36. The molecule has 4 heteroatoms. The first-order valence-corrected chi connectivity index (χ1v) is 5.91. The van der Waals surface area contributed by atoms with Crippen LogP contribution in [0, 0.1) is 20.7 Å². The van der Waals surface area contributed by atoms with Gasteiger partial charge < -0.3 is 0 Å². The predicted molar refractivity (Wildman–Crippen MR) is 63.8 cm³/mol. The largest absolute Gasteiger partial charge is 0.206 e. The lowest BCUT2D eigenvalue weighted by atomic mass is 10.1. The summed E-state index contributed by atoms with van der Waals surface area (Å²) in [5.74, 6) is -0.234.